The average Bonchev–Trinajstić information content (AvgIpc) is 2.64. The molecule has 4 N–H and O–H groups in total. The van der Waals surface area contributed by atoms with E-state index in [2.05, 4.69) is 29.2 Å². The van der Waals surface area contributed by atoms with Crippen LogP contribution in [-0.2, 0) is 0 Å². The molecule has 0 aliphatic carbocycles. The lowest BCUT2D eigenvalue weighted by Crippen LogP contribution is -2.34. The predicted octanol–water partition coefficient (Wildman–Crippen LogP) is 3.30. The quantitative estimate of drug-likeness (QED) is 0.793. The second-order valence-electron chi connectivity index (χ2n) is 5.23. The van der Waals surface area contributed by atoms with Gasteiger partial charge in [0.1, 0.15) is 0 Å². The molecule has 0 saturated heterocycles. The largest absolute Gasteiger partial charge is 0.401 e. The molecule has 2 aromatic rings. The van der Waals surface area contributed by atoms with Gasteiger partial charge in [-0.05, 0) is 25.1 Å². The Hall–Kier alpha value is -2.46. The summed E-state index contributed by atoms with van der Waals surface area (Å²) in [5.41, 5.74) is 11.1. The third-order valence-electron chi connectivity index (χ3n) is 3.74. The number of anilines is 2. The van der Waals surface area contributed by atoms with Gasteiger partial charge in [-0.1, -0.05) is 43.8 Å². The highest BCUT2D eigenvalue weighted by Crippen LogP contribution is 2.35. The molecule has 0 radical (unpaired) electrons. The molecule has 116 valence electrons. The summed E-state index contributed by atoms with van der Waals surface area (Å²) < 4.78 is 0. The molecule has 0 spiro atoms. The Morgan fingerprint density at radius 1 is 0.955 bits per heavy atom. The standard InChI is InChI=1S/C17H20N4.CH4/c1-13(18)17-15-9-5-6-10-16(15)20(11-12-21(17)19)14-7-3-2-4-8-14;/h2-10H,11-12,18-19H2,1H3;1H4/b17-13-;. The molecule has 2 aromatic carbocycles. The van der Waals surface area contributed by atoms with Crippen LogP contribution in [0.1, 0.15) is 19.9 Å². The van der Waals surface area contributed by atoms with Gasteiger partial charge in [-0.25, -0.2) is 5.84 Å². The van der Waals surface area contributed by atoms with E-state index in [0.29, 0.717) is 6.54 Å². The normalized spacial score (nSPS) is 16.5. The van der Waals surface area contributed by atoms with Crippen molar-refractivity contribution in [2.75, 3.05) is 18.0 Å². The average molecular weight is 296 g/mol. The third kappa shape index (κ3) is 2.78. The maximum Gasteiger partial charge on any atom is 0.0795 e. The monoisotopic (exact) mass is 296 g/mol. The summed E-state index contributed by atoms with van der Waals surface area (Å²) in [6.45, 7) is 3.42. The smallest absolute Gasteiger partial charge is 0.0795 e. The fraction of sp³-hybridized carbons (Fsp3) is 0.222. The summed E-state index contributed by atoms with van der Waals surface area (Å²) >= 11 is 0. The first-order valence-electron chi connectivity index (χ1n) is 7.09. The second kappa shape index (κ2) is 6.54. The van der Waals surface area contributed by atoms with Crippen LogP contribution in [-0.4, -0.2) is 18.1 Å². The summed E-state index contributed by atoms with van der Waals surface area (Å²) in [5, 5.41) is 1.75. The summed E-state index contributed by atoms with van der Waals surface area (Å²) in [7, 11) is 0. The van der Waals surface area contributed by atoms with Gasteiger partial charge in [-0.3, -0.25) is 0 Å². The third-order valence-corrected chi connectivity index (χ3v) is 3.74. The lowest BCUT2D eigenvalue weighted by Gasteiger charge is -2.24. The molecule has 0 atom stereocenters. The van der Waals surface area contributed by atoms with Crippen molar-refractivity contribution in [3.05, 3.63) is 65.9 Å². The number of hydrazine groups is 1. The highest BCUT2D eigenvalue weighted by atomic mass is 15.4. The zero-order valence-electron chi connectivity index (χ0n) is 12.2. The molecule has 1 aliphatic rings. The van der Waals surface area contributed by atoms with Gasteiger partial charge in [0, 0.05) is 23.5 Å². The fourth-order valence-electron chi connectivity index (χ4n) is 2.82. The molecule has 0 unspecified atom stereocenters. The van der Waals surface area contributed by atoms with Crippen LogP contribution in [0.3, 0.4) is 0 Å². The number of nitrogens with two attached hydrogens (primary N) is 2. The SMILES string of the molecule is C.C/C(N)=C1\c2ccccc2N(c2ccccc2)CCN1N. The molecule has 3 rings (SSSR count). The van der Waals surface area contributed by atoms with Crippen LogP contribution < -0.4 is 16.5 Å². The van der Waals surface area contributed by atoms with E-state index in [1.54, 1.807) is 5.01 Å². The van der Waals surface area contributed by atoms with E-state index in [-0.39, 0.29) is 7.43 Å². The minimum Gasteiger partial charge on any atom is -0.401 e. The lowest BCUT2D eigenvalue weighted by atomic mass is 10.1. The van der Waals surface area contributed by atoms with Crippen LogP contribution in [0, 0.1) is 0 Å². The van der Waals surface area contributed by atoms with E-state index in [0.717, 1.165) is 34.9 Å². The van der Waals surface area contributed by atoms with E-state index in [1.807, 2.05) is 37.3 Å². The van der Waals surface area contributed by atoms with E-state index < -0.39 is 0 Å². The van der Waals surface area contributed by atoms with Gasteiger partial charge < -0.3 is 15.6 Å². The molecule has 0 fully saturated rings. The van der Waals surface area contributed by atoms with Crippen LogP contribution in [0.2, 0.25) is 0 Å². The van der Waals surface area contributed by atoms with Crippen molar-refractivity contribution in [3.63, 3.8) is 0 Å². The van der Waals surface area contributed by atoms with Crippen LogP contribution >= 0.6 is 0 Å². The minimum atomic E-state index is 0. The molecule has 1 aliphatic heterocycles. The second-order valence-corrected chi connectivity index (χ2v) is 5.23. The summed E-state index contributed by atoms with van der Waals surface area (Å²) in [6, 6.07) is 18.6. The first kappa shape index (κ1) is 15.9. The van der Waals surface area contributed by atoms with Crippen molar-refractivity contribution >= 4 is 17.1 Å². The molecular weight excluding hydrogens is 272 g/mol. The predicted molar refractivity (Wildman–Crippen MR) is 94.3 cm³/mol. The maximum absolute atomic E-state index is 6.20. The van der Waals surface area contributed by atoms with Gasteiger partial charge in [-0.2, -0.15) is 0 Å². The first-order chi connectivity index (χ1) is 10.2. The number of allylic oxidation sites excluding steroid dienone is 1. The van der Waals surface area contributed by atoms with Gasteiger partial charge in [0.2, 0.25) is 0 Å². The van der Waals surface area contributed by atoms with Crippen molar-refractivity contribution < 1.29 is 0 Å². The van der Waals surface area contributed by atoms with E-state index >= 15 is 0 Å². The summed E-state index contributed by atoms with van der Waals surface area (Å²) in [6.07, 6.45) is 0. The van der Waals surface area contributed by atoms with Crippen LogP contribution in [0.25, 0.3) is 5.70 Å². The molecular formula is C18H24N4. The molecule has 22 heavy (non-hydrogen) atoms. The molecule has 0 amide bonds. The topological polar surface area (TPSA) is 58.5 Å². The Kier molecular flexibility index (Phi) is 4.73. The minimum absolute atomic E-state index is 0. The number of hydrogen-bond acceptors (Lipinski definition) is 4. The van der Waals surface area contributed by atoms with Crippen molar-refractivity contribution in [1.29, 1.82) is 0 Å². The van der Waals surface area contributed by atoms with Crippen molar-refractivity contribution in [2.24, 2.45) is 11.6 Å². The summed E-state index contributed by atoms with van der Waals surface area (Å²) in [5.74, 6) is 6.20. The molecule has 1 heterocycles. The highest BCUT2D eigenvalue weighted by molar-refractivity contribution is 5.81. The van der Waals surface area contributed by atoms with Gasteiger partial charge >= 0.3 is 0 Å². The maximum atomic E-state index is 6.20. The number of rotatable bonds is 1. The number of hydrogen-bond donors (Lipinski definition) is 2. The highest BCUT2D eigenvalue weighted by Gasteiger charge is 2.23. The number of benzene rings is 2. The Balaban J connectivity index is 0.00000176. The van der Waals surface area contributed by atoms with E-state index in [1.165, 1.54) is 0 Å². The molecule has 4 nitrogen and oxygen atoms in total. The Morgan fingerprint density at radius 3 is 2.27 bits per heavy atom. The van der Waals surface area contributed by atoms with Crippen LogP contribution in [0.4, 0.5) is 11.4 Å². The number of para-hydroxylation sites is 2. The molecule has 0 bridgehead atoms. The zero-order chi connectivity index (χ0) is 14.8. The van der Waals surface area contributed by atoms with Gasteiger partial charge in [0.25, 0.3) is 0 Å². The summed E-state index contributed by atoms with van der Waals surface area (Å²) in [4.78, 5) is 2.28. The van der Waals surface area contributed by atoms with Gasteiger partial charge in [-0.15, -0.1) is 0 Å². The molecule has 4 heteroatoms. The van der Waals surface area contributed by atoms with Gasteiger partial charge in [0.05, 0.1) is 17.9 Å². The Bertz CT molecular complexity index is 660. The Morgan fingerprint density at radius 2 is 1.59 bits per heavy atom. The number of fused-ring (bicyclic) bond motifs is 1. The lowest BCUT2D eigenvalue weighted by molar-refractivity contribution is 0.428. The van der Waals surface area contributed by atoms with Crippen molar-refractivity contribution in [2.45, 2.75) is 14.4 Å². The van der Waals surface area contributed by atoms with Crippen molar-refractivity contribution in [3.8, 4) is 0 Å². The first-order valence-corrected chi connectivity index (χ1v) is 7.09. The van der Waals surface area contributed by atoms with Crippen molar-refractivity contribution in [1.82, 2.24) is 5.01 Å². The van der Waals surface area contributed by atoms with E-state index in [9.17, 15) is 0 Å². The van der Waals surface area contributed by atoms with Gasteiger partial charge in [0.15, 0.2) is 0 Å². The van der Waals surface area contributed by atoms with Crippen LogP contribution in [0.15, 0.2) is 60.3 Å². The fourth-order valence-corrected chi connectivity index (χ4v) is 2.82. The molecule has 0 saturated carbocycles. The molecule has 0 aromatic heterocycles. The zero-order valence-corrected chi connectivity index (χ0v) is 12.2. The Labute approximate surface area is 132 Å². The number of nitrogens with zero attached hydrogens (tertiary/aromatic N) is 2. The van der Waals surface area contributed by atoms with E-state index in [4.69, 9.17) is 11.6 Å². The van der Waals surface area contributed by atoms with Crippen LogP contribution in [0.5, 0.6) is 0 Å².